The smallest absolute Gasteiger partial charge is 0.217 e. The van der Waals surface area contributed by atoms with E-state index in [0.717, 1.165) is 17.6 Å². The zero-order chi connectivity index (χ0) is 17.5. The summed E-state index contributed by atoms with van der Waals surface area (Å²) in [5.74, 6) is -0.310. The molecule has 1 rings (SSSR count). The van der Waals surface area contributed by atoms with Gasteiger partial charge in [0.2, 0.25) is 5.91 Å². The second-order valence-electron chi connectivity index (χ2n) is 6.06. The van der Waals surface area contributed by atoms with Crippen molar-refractivity contribution in [3.8, 4) is 0 Å². The average molecular weight is 309 g/mol. The van der Waals surface area contributed by atoms with Crippen LogP contribution < -0.4 is 5.73 Å². The molecule has 0 saturated carbocycles. The van der Waals surface area contributed by atoms with E-state index >= 15 is 0 Å². The van der Waals surface area contributed by atoms with Crippen LogP contribution >= 0.6 is 0 Å². The molecule has 0 aliphatic rings. The number of carbonyl (C=O) groups is 1. The van der Waals surface area contributed by atoms with Crippen molar-refractivity contribution in [2.24, 2.45) is 5.73 Å². The molecule has 0 aliphatic heterocycles. The number of carbonyl (C=O) groups excluding carboxylic acids is 1. The molecule has 0 spiro atoms. The Kier molecular flexibility index (Phi) is 6.81. The molecule has 1 aromatic rings. The van der Waals surface area contributed by atoms with Gasteiger partial charge in [0, 0.05) is 17.4 Å². The van der Waals surface area contributed by atoms with Crippen LogP contribution in [0, 0.1) is 6.92 Å². The van der Waals surface area contributed by atoms with E-state index in [0.29, 0.717) is 12.8 Å². The van der Waals surface area contributed by atoms with Gasteiger partial charge < -0.3 is 5.73 Å². The Hall–Kier alpha value is -2.31. The monoisotopic (exact) mass is 309 g/mol. The predicted octanol–water partition coefficient (Wildman–Crippen LogP) is 4.84. The van der Waals surface area contributed by atoms with Crippen molar-refractivity contribution in [1.29, 1.82) is 0 Å². The van der Waals surface area contributed by atoms with E-state index in [4.69, 9.17) is 5.73 Å². The first-order valence-corrected chi connectivity index (χ1v) is 7.91. The summed E-state index contributed by atoms with van der Waals surface area (Å²) < 4.78 is 0. The van der Waals surface area contributed by atoms with Crippen LogP contribution in [0.5, 0.6) is 0 Å². The van der Waals surface area contributed by atoms with Crippen LogP contribution in [0.4, 0.5) is 0 Å². The highest BCUT2D eigenvalue weighted by Gasteiger charge is 2.24. The van der Waals surface area contributed by atoms with Gasteiger partial charge in [-0.3, -0.25) is 4.79 Å². The van der Waals surface area contributed by atoms with Gasteiger partial charge in [-0.05, 0) is 49.4 Å². The first-order chi connectivity index (χ1) is 10.9. The Labute approximate surface area is 140 Å². The molecule has 2 nitrogen and oxygen atoms in total. The third-order valence-electron chi connectivity index (χ3n) is 4.14. The van der Waals surface area contributed by atoms with Crippen molar-refractivity contribution in [1.82, 2.24) is 0 Å². The van der Waals surface area contributed by atoms with Crippen molar-refractivity contribution >= 4 is 11.5 Å². The van der Waals surface area contributed by atoms with E-state index in [-0.39, 0.29) is 11.3 Å². The van der Waals surface area contributed by atoms with Gasteiger partial charge in [0.15, 0.2) is 0 Å². The normalized spacial score (nSPS) is 13.3. The second kappa shape index (κ2) is 8.36. The van der Waals surface area contributed by atoms with Crippen molar-refractivity contribution in [3.63, 3.8) is 0 Å². The molecule has 0 fully saturated rings. The first kappa shape index (κ1) is 18.7. The van der Waals surface area contributed by atoms with Crippen molar-refractivity contribution < 1.29 is 4.79 Å². The number of primary amides is 1. The second-order valence-corrected chi connectivity index (χ2v) is 6.06. The molecule has 122 valence electrons. The number of allylic oxidation sites excluding steroid dienone is 4. The lowest BCUT2D eigenvalue weighted by atomic mass is 9.76. The topological polar surface area (TPSA) is 43.1 Å². The van der Waals surface area contributed by atoms with E-state index in [1.807, 2.05) is 13.0 Å². The molecule has 1 unspecified atom stereocenters. The number of benzene rings is 1. The summed E-state index contributed by atoms with van der Waals surface area (Å²) in [6, 6.07) is 6.34. The summed E-state index contributed by atoms with van der Waals surface area (Å²) in [4.78, 5) is 11.0. The third kappa shape index (κ3) is 4.84. The Morgan fingerprint density at radius 1 is 1.39 bits per heavy atom. The largest absolute Gasteiger partial charge is 0.370 e. The van der Waals surface area contributed by atoms with Crippen LogP contribution in [0.1, 0.15) is 49.8 Å². The average Bonchev–Trinajstić information content (AvgIpc) is 2.49. The van der Waals surface area contributed by atoms with Gasteiger partial charge in [0.05, 0.1) is 0 Å². The van der Waals surface area contributed by atoms with E-state index in [1.54, 1.807) is 0 Å². The van der Waals surface area contributed by atoms with E-state index in [1.165, 1.54) is 11.1 Å². The molecule has 0 heterocycles. The van der Waals surface area contributed by atoms with Crippen LogP contribution in [0.3, 0.4) is 0 Å². The summed E-state index contributed by atoms with van der Waals surface area (Å²) in [5, 5.41) is 0. The van der Waals surface area contributed by atoms with Gasteiger partial charge in [-0.15, -0.1) is 12.3 Å². The van der Waals surface area contributed by atoms with Gasteiger partial charge in [-0.2, -0.15) is 0 Å². The molecular formula is C21H27NO. The van der Waals surface area contributed by atoms with Crippen LogP contribution in [0.2, 0.25) is 0 Å². The molecule has 1 aromatic carbocycles. The fraction of sp³-hybridized carbons (Fsp3) is 0.333. The van der Waals surface area contributed by atoms with E-state index in [9.17, 15) is 4.79 Å². The zero-order valence-electron chi connectivity index (χ0n) is 14.5. The third-order valence-corrected chi connectivity index (χ3v) is 4.14. The first-order valence-electron chi connectivity index (χ1n) is 7.91. The summed E-state index contributed by atoms with van der Waals surface area (Å²) >= 11 is 0. The lowest BCUT2D eigenvalue weighted by Crippen LogP contribution is -2.19. The lowest BCUT2D eigenvalue weighted by Gasteiger charge is -2.28. The van der Waals surface area contributed by atoms with E-state index < -0.39 is 0 Å². The quantitative estimate of drug-likeness (QED) is 0.542. The SMILES string of the molecule is C=C=C(CCC(N)=O)c1ccc(C)c(C(C)(/C=C/C)CC=C)c1. The number of hydrogen-bond acceptors (Lipinski definition) is 1. The van der Waals surface area contributed by atoms with Gasteiger partial charge in [0.25, 0.3) is 0 Å². The highest BCUT2D eigenvalue weighted by Crippen LogP contribution is 2.34. The van der Waals surface area contributed by atoms with Gasteiger partial charge in [-0.1, -0.05) is 43.9 Å². The fourth-order valence-electron chi connectivity index (χ4n) is 2.94. The lowest BCUT2D eigenvalue weighted by molar-refractivity contribution is -0.117. The van der Waals surface area contributed by atoms with Crippen molar-refractivity contribution in [3.05, 3.63) is 72.0 Å². The highest BCUT2D eigenvalue weighted by atomic mass is 16.1. The highest BCUT2D eigenvalue weighted by molar-refractivity contribution is 5.77. The Morgan fingerprint density at radius 2 is 2.09 bits per heavy atom. The van der Waals surface area contributed by atoms with Gasteiger partial charge >= 0.3 is 0 Å². The minimum Gasteiger partial charge on any atom is -0.370 e. The Bertz CT molecular complexity index is 662. The van der Waals surface area contributed by atoms with E-state index in [2.05, 4.69) is 63.1 Å². The number of nitrogens with two attached hydrogens (primary N) is 1. The van der Waals surface area contributed by atoms with Crippen LogP contribution in [0.15, 0.2) is 55.3 Å². The summed E-state index contributed by atoms with van der Waals surface area (Å²) in [7, 11) is 0. The molecule has 0 bridgehead atoms. The van der Waals surface area contributed by atoms with Gasteiger partial charge in [0.1, 0.15) is 0 Å². The van der Waals surface area contributed by atoms with Crippen LogP contribution in [0.25, 0.3) is 5.57 Å². The Morgan fingerprint density at radius 3 is 2.61 bits per heavy atom. The van der Waals surface area contributed by atoms with Crippen LogP contribution in [-0.4, -0.2) is 5.91 Å². The fourth-order valence-corrected chi connectivity index (χ4v) is 2.94. The summed E-state index contributed by atoms with van der Waals surface area (Å²) in [5.41, 5.74) is 12.6. The van der Waals surface area contributed by atoms with Crippen LogP contribution in [-0.2, 0) is 10.2 Å². The maximum Gasteiger partial charge on any atom is 0.217 e. The maximum absolute atomic E-state index is 11.0. The minimum atomic E-state index is -0.310. The number of aryl methyl sites for hydroxylation is 1. The van der Waals surface area contributed by atoms with Crippen molar-refractivity contribution in [2.45, 2.75) is 45.4 Å². The molecule has 1 amide bonds. The predicted molar refractivity (Wildman–Crippen MR) is 99.1 cm³/mol. The molecule has 1 atom stereocenters. The molecule has 23 heavy (non-hydrogen) atoms. The molecule has 2 heteroatoms. The standard InChI is InChI=1S/C21H27NO/c1-6-13-21(5,14-7-2)19-15-18(10-9-16(19)4)17(8-3)11-12-20(22)23/h6-7,9-10,14-15H,1,3,11-13H2,2,4-5H3,(H2,22,23)/b14-7+. The molecule has 0 aromatic heterocycles. The number of amides is 1. The summed E-state index contributed by atoms with van der Waals surface area (Å²) in [6.45, 7) is 14.0. The zero-order valence-corrected chi connectivity index (χ0v) is 14.5. The van der Waals surface area contributed by atoms with Crippen molar-refractivity contribution in [2.75, 3.05) is 0 Å². The van der Waals surface area contributed by atoms with Gasteiger partial charge in [-0.25, -0.2) is 0 Å². The minimum absolute atomic E-state index is 0.105. The maximum atomic E-state index is 11.0. The number of rotatable bonds is 8. The molecule has 2 N–H and O–H groups in total. The molecule has 0 saturated heterocycles. The molecule has 0 radical (unpaired) electrons. The summed E-state index contributed by atoms with van der Waals surface area (Å²) in [6.07, 6.45) is 7.96. The Balaban J connectivity index is 3.33. The molecular weight excluding hydrogens is 282 g/mol. The number of hydrogen-bond donors (Lipinski definition) is 1. The molecule has 0 aliphatic carbocycles.